The zero-order chi connectivity index (χ0) is 11.8. The number of thioether (sulfide) groups is 1. The summed E-state index contributed by atoms with van der Waals surface area (Å²) in [5.74, 6) is 3.77. The first-order valence-electron chi connectivity index (χ1n) is 6.81. The molecule has 94 valence electrons. The minimum atomic E-state index is 0.485. The van der Waals surface area contributed by atoms with Crippen LogP contribution in [0, 0.1) is 11.3 Å². The van der Waals surface area contributed by atoms with Gasteiger partial charge in [0, 0.05) is 23.6 Å². The third-order valence-corrected chi connectivity index (χ3v) is 5.28. The van der Waals surface area contributed by atoms with E-state index in [0.717, 1.165) is 18.0 Å². The van der Waals surface area contributed by atoms with Gasteiger partial charge in [-0.2, -0.15) is 11.8 Å². The Hall–Kier alpha value is 0.310. The molecule has 1 atom stereocenters. The summed E-state index contributed by atoms with van der Waals surface area (Å²) in [6.45, 7) is 10.9. The quantitative estimate of drug-likeness (QED) is 0.723. The van der Waals surface area contributed by atoms with Crippen molar-refractivity contribution in [3.63, 3.8) is 0 Å². The molecule has 0 aromatic heterocycles. The van der Waals surface area contributed by atoms with Crippen molar-refractivity contribution in [2.24, 2.45) is 11.3 Å². The molecule has 0 bridgehead atoms. The molecule has 0 aromatic carbocycles. The lowest BCUT2D eigenvalue weighted by atomic mass is 9.91. The first-order valence-corrected chi connectivity index (χ1v) is 7.96. The number of nitrogens with zero attached hydrogens (tertiary/aromatic N) is 1. The summed E-state index contributed by atoms with van der Waals surface area (Å²) in [7, 11) is 0. The van der Waals surface area contributed by atoms with E-state index in [-0.39, 0.29) is 0 Å². The molecule has 1 heterocycles. The molecule has 2 heteroatoms. The third-order valence-electron chi connectivity index (χ3n) is 4.04. The second-order valence-corrected chi connectivity index (χ2v) is 7.89. The van der Waals surface area contributed by atoms with Gasteiger partial charge >= 0.3 is 0 Å². The molecule has 0 aromatic rings. The van der Waals surface area contributed by atoms with E-state index < -0.39 is 0 Å². The molecule has 16 heavy (non-hydrogen) atoms. The normalized spacial score (nSPS) is 24.6. The molecular formula is C14H27NS. The minimum Gasteiger partial charge on any atom is -0.296 e. The fraction of sp³-hybridized carbons (Fsp3) is 1.00. The predicted molar refractivity (Wildman–Crippen MR) is 74.1 cm³/mol. The van der Waals surface area contributed by atoms with Gasteiger partial charge in [0.1, 0.15) is 0 Å². The fourth-order valence-corrected chi connectivity index (χ4v) is 3.28. The highest BCUT2D eigenvalue weighted by atomic mass is 32.2. The highest BCUT2D eigenvalue weighted by Crippen LogP contribution is 2.38. The van der Waals surface area contributed by atoms with Crippen molar-refractivity contribution in [3.05, 3.63) is 0 Å². The fourth-order valence-electron chi connectivity index (χ4n) is 2.45. The van der Waals surface area contributed by atoms with Crippen molar-refractivity contribution in [1.82, 2.24) is 4.90 Å². The number of hydrogen-bond acceptors (Lipinski definition) is 2. The lowest BCUT2D eigenvalue weighted by molar-refractivity contribution is 0.127. The van der Waals surface area contributed by atoms with Gasteiger partial charge in [-0.1, -0.05) is 20.8 Å². The van der Waals surface area contributed by atoms with E-state index in [4.69, 9.17) is 0 Å². The topological polar surface area (TPSA) is 3.24 Å². The molecule has 2 aliphatic rings. The molecule has 2 fully saturated rings. The maximum atomic E-state index is 2.82. The molecule has 1 unspecified atom stereocenters. The van der Waals surface area contributed by atoms with Crippen LogP contribution in [0.4, 0.5) is 0 Å². The molecule has 1 aliphatic heterocycles. The van der Waals surface area contributed by atoms with Crippen molar-refractivity contribution >= 4 is 11.8 Å². The van der Waals surface area contributed by atoms with Gasteiger partial charge < -0.3 is 0 Å². The average molecular weight is 241 g/mol. The Morgan fingerprint density at radius 3 is 2.25 bits per heavy atom. The van der Waals surface area contributed by atoms with E-state index in [1.54, 1.807) is 0 Å². The maximum absolute atomic E-state index is 2.82. The Bertz CT molecular complexity index is 225. The molecular weight excluding hydrogens is 214 g/mol. The highest BCUT2D eigenvalue weighted by molar-refractivity contribution is 8.00. The Kier molecular flexibility index (Phi) is 3.90. The van der Waals surface area contributed by atoms with Crippen LogP contribution in [0.5, 0.6) is 0 Å². The van der Waals surface area contributed by atoms with E-state index >= 15 is 0 Å². The molecule has 0 amide bonds. The van der Waals surface area contributed by atoms with Crippen LogP contribution in [-0.4, -0.2) is 35.0 Å². The smallest absolute Gasteiger partial charge is 0.0279 e. The standard InChI is InChI=1S/C14H27NS/c1-11(12-5-6-12)15(13-9-16-10-13)8-7-14(2,3)4/h11-13H,5-10H2,1-4H3. The van der Waals surface area contributed by atoms with Crippen LogP contribution in [0.1, 0.15) is 47.0 Å². The molecule has 0 radical (unpaired) electrons. The first-order chi connectivity index (χ1) is 7.47. The van der Waals surface area contributed by atoms with E-state index in [0.29, 0.717) is 5.41 Å². The monoisotopic (exact) mass is 241 g/mol. The molecule has 1 saturated heterocycles. The van der Waals surface area contributed by atoms with Gasteiger partial charge in [-0.15, -0.1) is 0 Å². The lowest BCUT2D eigenvalue weighted by Crippen LogP contribution is -2.50. The number of rotatable bonds is 5. The maximum Gasteiger partial charge on any atom is 0.0279 e. The van der Waals surface area contributed by atoms with Crippen molar-refractivity contribution in [2.45, 2.75) is 59.0 Å². The van der Waals surface area contributed by atoms with Crippen molar-refractivity contribution in [2.75, 3.05) is 18.1 Å². The summed E-state index contributed by atoms with van der Waals surface area (Å²) in [5.41, 5.74) is 0.485. The van der Waals surface area contributed by atoms with Gasteiger partial charge in [-0.25, -0.2) is 0 Å². The summed E-state index contributed by atoms with van der Waals surface area (Å²) < 4.78 is 0. The SMILES string of the molecule is CC(C1CC1)N(CCC(C)(C)C)C1CSC1. The van der Waals surface area contributed by atoms with E-state index in [2.05, 4.69) is 44.4 Å². The van der Waals surface area contributed by atoms with E-state index in [1.165, 1.54) is 37.3 Å². The van der Waals surface area contributed by atoms with E-state index in [1.807, 2.05) is 0 Å². The minimum absolute atomic E-state index is 0.485. The largest absolute Gasteiger partial charge is 0.296 e. The van der Waals surface area contributed by atoms with Crippen molar-refractivity contribution < 1.29 is 0 Å². The first kappa shape index (κ1) is 12.8. The Morgan fingerprint density at radius 1 is 1.25 bits per heavy atom. The van der Waals surface area contributed by atoms with Gasteiger partial charge in [-0.3, -0.25) is 4.90 Å². The Morgan fingerprint density at radius 2 is 1.88 bits per heavy atom. The highest BCUT2D eigenvalue weighted by Gasteiger charge is 2.37. The molecule has 0 N–H and O–H groups in total. The second kappa shape index (κ2) is 4.89. The van der Waals surface area contributed by atoms with Gasteiger partial charge in [0.15, 0.2) is 0 Å². The molecule has 1 nitrogen and oxygen atoms in total. The summed E-state index contributed by atoms with van der Waals surface area (Å²) in [5, 5.41) is 0. The zero-order valence-corrected chi connectivity index (χ0v) is 12.1. The van der Waals surface area contributed by atoms with Gasteiger partial charge in [0.05, 0.1) is 0 Å². The van der Waals surface area contributed by atoms with Crippen LogP contribution in [0.25, 0.3) is 0 Å². The molecule has 0 spiro atoms. The summed E-state index contributed by atoms with van der Waals surface area (Å²) in [4.78, 5) is 2.82. The molecule has 2 rings (SSSR count). The van der Waals surface area contributed by atoms with Crippen LogP contribution < -0.4 is 0 Å². The lowest BCUT2D eigenvalue weighted by Gasteiger charge is -2.42. The third kappa shape index (κ3) is 3.40. The van der Waals surface area contributed by atoms with Crippen molar-refractivity contribution in [3.8, 4) is 0 Å². The summed E-state index contributed by atoms with van der Waals surface area (Å²) >= 11 is 2.11. The van der Waals surface area contributed by atoms with Crippen LogP contribution in [-0.2, 0) is 0 Å². The predicted octanol–water partition coefficient (Wildman–Crippen LogP) is 3.64. The Labute approximate surface area is 105 Å². The number of hydrogen-bond donors (Lipinski definition) is 0. The van der Waals surface area contributed by atoms with Gasteiger partial charge in [0.2, 0.25) is 0 Å². The van der Waals surface area contributed by atoms with Crippen LogP contribution in [0.3, 0.4) is 0 Å². The average Bonchev–Trinajstić information content (AvgIpc) is 2.88. The zero-order valence-electron chi connectivity index (χ0n) is 11.3. The van der Waals surface area contributed by atoms with Crippen LogP contribution in [0.15, 0.2) is 0 Å². The van der Waals surface area contributed by atoms with Crippen LogP contribution in [0.2, 0.25) is 0 Å². The second-order valence-electron chi connectivity index (χ2n) is 6.82. The summed E-state index contributed by atoms with van der Waals surface area (Å²) in [6.07, 6.45) is 4.30. The van der Waals surface area contributed by atoms with E-state index in [9.17, 15) is 0 Å². The van der Waals surface area contributed by atoms with Gasteiger partial charge in [0.25, 0.3) is 0 Å². The van der Waals surface area contributed by atoms with Crippen LogP contribution >= 0.6 is 11.8 Å². The summed E-state index contributed by atoms with van der Waals surface area (Å²) in [6, 6.07) is 1.73. The molecule has 1 saturated carbocycles. The van der Waals surface area contributed by atoms with Gasteiger partial charge in [-0.05, 0) is 44.1 Å². The molecule has 1 aliphatic carbocycles. The van der Waals surface area contributed by atoms with Crippen molar-refractivity contribution in [1.29, 1.82) is 0 Å². The Balaban J connectivity index is 1.86.